The average Bonchev–Trinajstić information content (AvgIpc) is 3.37. The normalized spacial score (nSPS) is 18.7. The highest BCUT2D eigenvalue weighted by Gasteiger charge is 2.43. The second-order valence-corrected chi connectivity index (χ2v) is 7.82. The molecule has 2 atom stereocenters. The van der Waals surface area contributed by atoms with Crippen LogP contribution in [0.4, 0.5) is 0 Å². The molecule has 7 nitrogen and oxygen atoms in total. The van der Waals surface area contributed by atoms with E-state index in [0.717, 1.165) is 10.1 Å². The Morgan fingerprint density at radius 2 is 2.00 bits per heavy atom. The van der Waals surface area contributed by atoms with Gasteiger partial charge in [0.1, 0.15) is 0 Å². The van der Waals surface area contributed by atoms with Gasteiger partial charge < -0.3 is 5.11 Å². The van der Waals surface area contributed by atoms with Gasteiger partial charge in [0, 0.05) is 11.6 Å². The molecule has 1 fully saturated rings. The van der Waals surface area contributed by atoms with E-state index in [4.69, 9.17) is 16.7 Å². The van der Waals surface area contributed by atoms with Crippen LogP contribution in [0.2, 0.25) is 5.02 Å². The molecular weight excluding hydrogens is 378 g/mol. The first-order valence-corrected chi connectivity index (χ1v) is 9.58. The molecule has 0 saturated heterocycles. The van der Waals surface area contributed by atoms with Gasteiger partial charge >= 0.3 is 17.3 Å². The summed E-state index contributed by atoms with van der Waals surface area (Å²) in [6.07, 6.45) is 0.476. The molecule has 2 aromatic rings. The summed E-state index contributed by atoms with van der Waals surface area (Å²) in [4.78, 5) is 40.2. The highest BCUT2D eigenvalue weighted by molar-refractivity contribution is 7.99. The predicted molar refractivity (Wildman–Crippen MR) is 98.9 cm³/mol. The van der Waals surface area contributed by atoms with Crippen LogP contribution in [-0.4, -0.2) is 30.9 Å². The summed E-state index contributed by atoms with van der Waals surface area (Å²) in [5.41, 5.74) is -0.238. The number of benzene rings is 1. The van der Waals surface area contributed by atoms with Crippen LogP contribution >= 0.6 is 23.4 Å². The molecule has 0 aliphatic heterocycles. The zero-order valence-electron chi connectivity index (χ0n) is 14.1. The molecule has 1 aliphatic rings. The fraction of sp³-hybridized carbons (Fsp3) is 0.412. The number of nitrogens with zero attached hydrogens (tertiary/aromatic N) is 3. The summed E-state index contributed by atoms with van der Waals surface area (Å²) in [6, 6.07) is 7.09. The smallest absolute Gasteiger partial charge is 0.354 e. The van der Waals surface area contributed by atoms with E-state index in [2.05, 4.69) is 4.98 Å². The number of carboxylic acids is 1. The number of carbonyl (C=O) groups is 1. The van der Waals surface area contributed by atoms with Gasteiger partial charge in [-0.2, -0.15) is 4.98 Å². The standard InChI is InChI=1S/C17H18ClN3O4S/c1-2-26-16-19-15(24)20(9-11-7-13(11)14(22)23)17(25)21(16)8-10-3-5-12(18)6-4-10/h3-6,11,13H,2,7-9H2,1H3,(H,22,23)/t11-,13+/m1/s1. The van der Waals surface area contributed by atoms with Crippen LogP contribution in [0, 0.1) is 11.8 Å². The van der Waals surface area contributed by atoms with Crippen LogP contribution in [0.25, 0.3) is 0 Å². The number of thioether (sulfide) groups is 1. The molecule has 1 N–H and O–H groups in total. The summed E-state index contributed by atoms with van der Waals surface area (Å²) in [7, 11) is 0. The molecule has 26 heavy (non-hydrogen) atoms. The van der Waals surface area contributed by atoms with E-state index in [0.29, 0.717) is 22.4 Å². The minimum Gasteiger partial charge on any atom is -0.481 e. The molecule has 0 spiro atoms. The molecule has 0 bridgehead atoms. The van der Waals surface area contributed by atoms with Gasteiger partial charge in [-0.05, 0) is 35.8 Å². The highest BCUT2D eigenvalue weighted by atomic mass is 35.5. The summed E-state index contributed by atoms with van der Waals surface area (Å²) < 4.78 is 2.50. The molecular formula is C17H18ClN3O4S. The number of hydrogen-bond donors (Lipinski definition) is 1. The first-order valence-electron chi connectivity index (χ1n) is 8.22. The molecule has 0 unspecified atom stereocenters. The molecule has 1 aromatic heterocycles. The fourth-order valence-electron chi connectivity index (χ4n) is 2.80. The topological polar surface area (TPSA) is 94.2 Å². The van der Waals surface area contributed by atoms with E-state index in [-0.39, 0.29) is 19.0 Å². The van der Waals surface area contributed by atoms with E-state index in [1.165, 1.54) is 16.3 Å². The van der Waals surface area contributed by atoms with Gasteiger partial charge in [0.05, 0.1) is 12.5 Å². The predicted octanol–water partition coefficient (Wildman–Crippen LogP) is 1.94. The maximum atomic E-state index is 12.9. The van der Waals surface area contributed by atoms with Gasteiger partial charge in [-0.15, -0.1) is 0 Å². The Balaban J connectivity index is 1.96. The lowest BCUT2D eigenvalue weighted by atomic mass is 10.2. The minimum atomic E-state index is -0.893. The number of halogens is 1. The molecule has 1 aromatic carbocycles. The second-order valence-electron chi connectivity index (χ2n) is 6.16. The monoisotopic (exact) mass is 395 g/mol. The number of aliphatic carboxylic acids is 1. The zero-order valence-corrected chi connectivity index (χ0v) is 15.7. The van der Waals surface area contributed by atoms with Crippen molar-refractivity contribution >= 4 is 29.3 Å². The van der Waals surface area contributed by atoms with Crippen molar-refractivity contribution in [1.29, 1.82) is 0 Å². The molecule has 1 aliphatic carbocycles. The average molecular weight is 396 g/mol. The Bertz CT molecular complexity index is 939. The Morgan fingerprint density at radius 3 is 2.58 bits per heavy atom. The van der Waals surface area contributed by atoms with E-state index >= 15 is 0 Å². The Kier molecular flexibility index (Phi) is 5.52. The van der Waals surface area contributed by atoms with Crippen molar-refractivity contribution in [3.05, 3.63) is 55.8 Å². The molecule has 1 saturated carbocycles. The molecule has 138 valence electrons. The van der Waals surface area contributed by atoms with Gasteiger partial charge in [-0.25, -0.2) is 14.2 Å². The van der Waals surface area contributed by atoms with Crippen LogP contribution in [0.3, 0.4) is 0 Å². The van der Waals surface area contributed by atoms with Crippen molar-refractivity contribution in [2.45, 2.75) is 31.6 Å². The van der Waals surface area contributed by atoms with E-state index in [1.54, 1.807) is 12.1 Å². The van der Waals surface area contributed by atoms with Crippen LogP contribution in [-0.2, 0) is 17.9 Å². The molecule has 9 heteroatoms. The SMILES string of the molecule is CCSc1nc(=O)n(C[C@H]2C[C@@H]2C(=O)O)c(=O)n1Cc1ccc(Cl)cc1. The van der Waals surface area contributed by atoms with E-state index in [9.17, 15) is 14.4 Å². The minimum absolute atomic E-state index is 0.0827. The third kappa shape index (κ3) is 4.02. The van der Waals surface area contributed by atoms with Gasteiger partial charge in [0.15, 0.2) is 5.16 Å². The molecule has 0 amide bonds. The summed E-state index contributed by atoms with van der Waals surface area (Å²) in [5, 5.41) is 9.98. The third-order valence-corrected chi connectivity index (χ3v) is 5.41. The van der Waals surface area contributed by atoms with Crippen molar-refractivity contribution in [2.75, 3.05) is 5.75 Å². The van der Waals surface area contributed by atoms with Crippen molar-refractivity contribution < 1.29 is 9.90 Å². The van der Waals surface area contributed by atoms with Crippen LogP contribution in [0.5, 0.6) is 0 Å². The maximum Gasteiger partial charge on any atom is 0.354 e. The Hall–Kier alpha value is -2.06. The van der Waals surface area contributed by atoms with Crippen molar-refractivity contribution in [3.8, 4) is 0 Å². The summed E-state index contributed by atoms with van der Waals surface area (Å²) >= 11 is 7.22. The van der Waals surface area contributed by atoms with Crippen molar-refractivity contribution in [1.82, 2.24) is 14.1 Å². The second kappa shape index (κ2) is 7.67. The number of rotatable bonds is 7. The number of hydrogen-bond acceptors (Lipinski definition) is 5. The zero-order chi connectivity index (χ0) is 18.8. The van der Waals surface area contributed by atoms with Gasteiger partial charge in [0.25, 0.3) is 0 Å². The number of carboxylic acid groups (broad SMARTS) is 1. The van der Waals surface area contributed by atoms with Gasteiger partial charge in [0.2, 0.25) is 0 Å². The third-order valence-electron chi connectivity index (χ3n) is 4.30. The first-order chi connectivity index (χ1) is 12.4. The van der Waals surface area contributed by atoms with Crippen LogP contribution < -0.4 is 11.4 Å². The van der Waals surface area contributed by atoms with Gasteiger partial charge in [-0.3, -0.25) is 9.36 Å². The van der Waals surface area contributed by atoms with Crippen LogP contribution in [0.1, 0.15) is 18.9 Å². The van der Waals surface area contributed by atoms with E-state index in [1.807, 2.05) is 19.1 Å². The largest absolute Gasteiger partial charge is 0.481 e. The lowest BCUT2D eigenvalue weighted by Gasteiger charge is -2.13. The molecule has 1 heterocycles. The lowest BCUT2D eigenvalue weighted by molar-refractivity contribution is -0.138. The summed E-state index contributed by atoms with van der Waals surface area (Å²) in [6.45, 7) is 2.26. The lowest BCUT2D eigenvalue weighted by Crippen LogP contribution is -2.43. The quantitative estimate of drug-likeness (QED) is 0.720. The van der Waals surface area contributed by atoms with Crippen molar-refractivity contribution in [2.24, 2.45) is 11.8 Å². The maximum absolute atomic E-state index is 12.9. The molecule has 3 rings (SSSR count). The molecule has 0 radical (unpaired) electrons. The van der Waals surface area contributed by atoms with E-state index < -0.39 is 23.3 Å². The highest BCUT2D eigenvalue weighted by Crippen LogP contribution is 2.39. The number of aromatic nitrogens is 3. The Morgan fingerprint density at radius 1 is 1.31 bits per heavy atom. The van der Waals surface area contributed by atoms with Crippen molar-refractivity contribution in [3.63, 3.8) is 0 Å². The van der Waals surface area contributed by atoms with Crippen LogP contribution in [0.15, 0.2) is 39.0 Å². The fourth-order valence-corrected chi connectivity index (χ4v) is 3.63. The first kappa shape index (κ1) is 18.7. The van der Waals surface area contributed by atoms with Gasteiger partial charge in [-0.1, -0.05) is 42.4 Å². The summed E-state index contributed by atoms with van der Waals surface area (Å²) in [5.74, 6) is -0.917. The Labute approximate surface area is 158 Å².